The zero-order chi connectivity index (χ0) is 10.8. The lowest BCUT2D eigenvalue weighted by molar-refractivity contribution is 0.432. The normalized spacial score (nSPS) is 15.4. The lowest BCUT2D eigenvalue weighted by atomic mass is 10.00. The molecule has 2 rings (SSSR count). The summed E-state index contributed by atoms with van der Waals surface area (Å²) >= 11 is 0. The standard InChI is InChI=1S/C10H15N5/c1-3-7(2)9(11)10-14-13-8-5-4-6-12-15(8)10/h4-7,9H,3,11H2,1-2H3. The molecular weight excluding hydrogens is 190 g/mol. The highest BCUT2D eigenvalue weighted by Gasteiger charge is 2.19. The first-order valence-electron chi connectivity index (χ1n) is 5.16. The van der Waals surface area contributed by atoms with Crippen molar-refractivity contribution in [1.82, 2.24) is 19.8 Å². The molecule has 0 bridgehead atoms. The van der Waals surface area contributed by atoms with Crippen molar-refractivity contribution in [2.45, 2.75) is 26.3 Å². The van der Waals surface area contributed by atoms with Gasteiger partial charge in [-0.3, -0.25) is 0 Å². The topological polar surface area (TPSA) is 69.1 Å². The molecule has 15 heavy (non-hydrogen) atoms. The molecule has 0 radical (unpaired) electrons. The van der Waals surface area contributed by atoms with Crippen molar-refractivity contribution in [3.05, 3.63) is 24.2 Å². The zero-order valence-corrected chi connectivity index (χ0v) is 8.96. The van der Waals surface area contributed by atoms with E-state index in [1.54, 1.807) is 10.7 Å². The highest BCUT2D eigenvalue weighted by atomic mass is 15.4. The molecule has 0 amide bonds. The maximum atomic E-state index is 6.10. The van der Waals surface area contributed by atoms with Gasteiger partial charge in [0.25, 0.3) is 0 Å². The Morgan fingerprint density at radius 2 is 2.27 bits per heavy atom. The summed E-state index contributed by atoms with van der Waals surface area (Å²) in [4.78, 5) is 0. The smallest absolute Gasteiger partial charge is 0.177 e. The van der Waals surface area contributed by atoms with E-state index in [2.05, 4.69) is 29.1 Å². The molecule has 2 aromatic heterocycles. The molecule has 0 aliphatic heterocycles. The first kappa shape index (κ1) is 10.0. The number of aromatic nitrogens is 4. The van der Waals surface area contributed by atoms with Gasteiger partial charge in [0.1, 0.15) is 0 Å². The second-order valence-electron chi connectivity index (χ2n) is 3.76. The predicted octanol–water partition coefficient (Wildman–Crippen LogP) is 1.17. The number of hydrogen-bond acceptors (Lipinski definition) is 4. The molecule has 0 aliphatic rings. The van der Waals surface area contributed by atoms with Crippen LogP contribution in [0.2, 0.25) is 0 Å². The Morgan fingerprint density at radius 1 is 1.47 bits per heavy atom. The SMILES string of the molecule is CCC(C)C(N)c1nnc2cccnn12. The maximum Gasteiger partial charge on any atom is 0.177 e. The van der Waals surface area contributed by atoms with E-state index in [-0.39, 0.29) is 6.04 Å². The molecule has 0 spiro atoms. The maximum absolute atomic E-state index is 6.10. The third-order valence-electron chi connectivity index (χ3n) is 2.76. The average molecular weight is 205 g/mol. The minimum atomic E-state index is -0.111. The van der Waals surface area contributed by atoms with Crippen LogP contribution in [-0.2, 0) is 0 Å². The third kappa shape index (κ3) is 1.70. The summed E-state index contributed by atoms with van der Waals surface area (Å²) in [6.07, 6.45) is 2.73. The van der Waals surface area contributed by atoms with Crippen LogP contribution in [0.3, 0.4) is 0 Å². The van der Waals surface area contributed by atoms with Crippen molar-refractivity contribution in [2.75, 3.05) is 0 Å². The van der Waals surface area contributed by atoms with Gasteiger partial charge in [-0.1, -0.05) is 20.3 Å². The van der Waals surface area contributed by atoms with Crippen molar-refractivity contribution < 1.29 is 0 Å². The van der Waals surface area contributed by atoms with Crippen molar-refractivity contribution in [2.24, 2.45) is 11.7 Å². The van der Waals surface area contributed by atoms with Crippen LogP contribution >= 0.6 is 0 Å². The number of rotatable bonds is 3. The summed E-state index contributed by atoms with van der Waals surface area (Å²) in [7, 11) is 0. The fraction of sp³-hybridized carbons (Fsp3) is 0.500. The van der Waals surface area contributed by atoms with Gasteiger partial charge in [0.2, 0.25) is 0 Å². The van der Waals surface area contributed by atoms with E-state index < -0.39 is 0 Å². The van der Waals surface area contributed by atoms with Crippen LogP contribution in [0, 0.1) is 5.92 Å². The van der Waals surface area contributed by atoms with Gasteiger partial charge >= 0.3 is 0 Å². The number of fused-ring (bicyclic) bond motifs is 1. The molecule has 2 unspecified atom stereocenters. The fourth-order valence-corrected chi connectivity index (χ4v) is 1.48. The van der Waals surface area contributed by atoms with E-state index >= 15 is 0 Å². The Kier molecular flexibility index (Phi) is 2.64. The molecule has 5 heteroatoms. The highest BCUT2D eigenvalue weighted by molar-refractivity contribution is 5.35. The van der Waals surface area contributed by atoms with Gasteiger partial charge in [0, 0.05) is 6.20 Å². The first-order chi connectivity index (χ1) is 7.24. The van der Waals surface area contributed by atoms with Crippen LogP contribution in [-0.4, -0.2) is 19.8 Å². The van der Waals surface area contributed by atoms with Gasteiger partial charge in [0.05, 0.1) is 6.04 Å². The second kappa shape index (κ2) is 3.94. The predicted molar refractivity (Wildman–Crippen MR) is 57.2 cm³/mol. The molecular formula is C10H15N5. The molecule has 0 aliphatic carbocycles. The number of nitrogens with two attached hydrogens (primary N) is 1. The quantitative estimate of drug-likeness (QED) is 0.816. The summed E-state index contributed by atoms with van der Waals surface area (Å²) in [5, 5.41) is 12.3. The number of nitrogens with zero attached hydrogens (tertiary/aromatic N) is 4. The Hall–Kier alpha value is -1.49. The van der Waals surface area contributed by atoms with Crippen molar-refractivity contribution in [3.63, 3.8) is 0 Å². The third-order valence-corrected chi connectivity index (χ3v) is 2.76. The Morgan fingerprint density at radius 3 is 3.00 bits per heavy atom. The molecule has 2 N–H and O–H groups in total. The Balaban J connectivity index is 2.43. The van der Waals surface area contributed by atoms with E-state index in [4.69, 9.17) is 5.73 Å². The van der Waals surface area contributed by atoms with Crippen LogP contribution in [0.5, 0.6) is 0 Å². The lowest BCUT2D eigenvalue weighted by Gasteiger charge is -2.15. The molecule has 2 atom stereocenters. The Bertz CT molecular complexity index is 450. The molecule has 80 valence electrons. The second-order valence-corrected chi connectivity index (χ2v) is 3.76. The lowest BCUT2D eigenvalue weighted by Crippen LogP contribution is -2.21. The van der Waals surface area contributed by atoms with Gasteiger partial charge in [-0.15, -0.1) is 10.2 Å². The van der Waals surface area contributed by atoms with Crippen LogP contribution in [0.25, 0.3) is 5.65 Å². The summed E-state index contributed by atoms with van der Waals surface area (Å²) in [5.41, 5.74) is 6.84. The van der Waals surface area contributed by atoms with Crippen LogP contribution < -0.4 is 5.73 Å². The van der Waals surface area contributed by atoms with Crippen molar-refractivity contribution >= 4 is 5.65 Å². The largest absolute Gasteiger partial charge is 0.321 e. The molecule has 0 saturated carbocycles. The van der Waals surface area contributed by atoms with Crippen molar-refractivity contribution in [3.8, 4) is 0 Å². The van der Waals surface area contributed by atoms with Crippen LogP contribution in [0.1, 0.15) is 32.1 Å². The summed E-state index contributed by atoms with van der Waals surface area (Å²) in [6.45, 7) is 4.22. The van der Waals surface area contributed by atoms with Gasteiger partial charge in [-0.05, 0) is 18.1 Å². The molecule has 0 saturated heterocycles. The summed E-state index contributed by atoms with van der Waals surface area (Å²) in [5.74, 6) is 1.11. The van der Waals surface area contributed by atoms with Gasteiger partial charge < -0.3 is 5.73 Å². The van der Waals surface area contributed by atoms with E-state index in [9.17, 15) is 0 Å². The first-order valence-corrected chi connectivity index (χ1v) is 5.16. The summed E-state index contributed by atoms with van der Waals surface area (Å²) in [6, 6.07) is 3.59. The molecule has 2 heterocycles. The van der Waals surface area contributed by atoms with Crippen LogP contribution in [0.4, 0.5) is 0 Å². The summed E-state index contributed by atoms with van der Waals surface area (Å²) < 4.78 is 1.71. The molecule has 0 aromatic carbocycles. The molecule has 0 fully saturated rings. The average Bonchev–Trinajstić information content (AvgIpc) is 2.70. The van der Waals surface area contributed by atoms with Crippen LogP contribution in [0.15, 0.2) is 18.3 Å². The fourth-order valence-electron chi connectivity index (χ4n) is 1.48. The minimum Gasteiger partial charge on any atom is -0.321 e. The molecule has 5 nitrogen and oxygen atoms in total. The molecule has 2 aromatic rings. The monoisotopic (exact) mass is 205 g/mol. The number of hydrogen-bond donors (Lipinski definition) is 1. The van der Waals surface area contributed by atoms with Gasteiger partial charge in [-0.25, -0.2) is 0 Å². The van der Waals surface area contributed by atoms with Gasteiger partial charge in [-0.2, -0.15) is 9.61 Å². The van der Waals surface area contributed by atoms with Crippen molar-refractivity contribution in [1.29, 1.82) is 0 Å². The van der Waals surface area contributed by atoms with E-state index in [1.807, 2.05) is 12.1 Å². The Labute approximate surface area is 88.3 Å². The van der Waals surface area contributed by atoms with Gasteiger partial charge in [0.15, 0.2) is 11.5 Å². The van der Waals surface area contributed by atoms with E-state index in [0.29, 0.717) is 5.92 Å². The van der Waals surface area contributed by atoms with E-state index in [1.165, 1.54) is 0 Å². The zero-order valence-electron chi connectivity index (χ0n) is 8.96. The van der Waals surface area contributed by atoms with E-state index in [0.717, 1.165) is 17.9 Å². The minimum absolute atomic E-state index is 0.111. The highest BCUT2D eigenvalue weighted by Crippen LogP contribution is 2.19.